The molecule has 1 spiro atoms. The van der Waals surface area contributed by atoms with Crippen LogP contribution in [0.4, 0.5) is 11.4 Å². The number of hydrogen-bond acceptors (Lipinski definition) is 4. The van der Waals surface area contributed by atoms with Crippen LogP contribution in [0.3, 0.4) is 0 Å². The van der Waals surface area contributed by atoms with E-state index in [4.69, 9.17) is 9.47 Å². The van der Waals surface area contributed by atoms with Gasteiger partial charge in [-0.2, -0.15) is 4.58 Å². The van der Waals surface area contributed by atoms with Crippen LogP contribution in [-0.4, -0.2) is 59.9 Å². The summed E-state index contributed by atoms with van der Waals surface area (Å²) in [5, 5.41) is 12.2. The topological polar surface area (TPSA) is 62.0 Å². The maximum Gasteiger partial charge on any atom is 0.307 e. The first-order chi connectivity index (χ1) is 20.9. The van der Waals surface area contributed by atoms with Crippen LogP contribution in [0, 0.1) is 0 Å². The maximum absolute atomic E-state index is 11.6. The zero-order valence-electron chi connectivity index (χ0n) is 24.9. The van der Waals surface area contributed by atoms with Crippen molar-refractivity contribution in [1.29, 1.82) is 0 Å². The molecular formula is C37H37N2O4+. The molecule has 0 amide bonds. The van der Waals surface area contributed by atoms with Gasteiger partial charge in [0.1, 0.15) is 0 Å². The Bertz CT molecular complexity index is 1840. The van der Waals surface area contributed by atoms with Crippen molar-refractivity contribution < 1.29 is 24.0 Å². The van der Waals surface area contributed by atoms with Crippen molar-refractivity contribution in [3.63, 3.8) is 0 Å². The summed E-state index contributed by atoms with van der Waals surface area (Å²) < 4.78 is 15.6. The quantitative estimate of drug-likeness (QED) is 0.372. The molecule has 2 atom stereocenters. The molecule has 6 aliphatic rings. The highest BCUT2D eigenvalue weighted by atomic mass is 16.5. The number of hydrogen-bond donors (Lipinski definition) is 1. The van der Waals surface area contributed by atoms with Crippen LogP contribution in [0.15, 0.2) is 77.5 Å². The first kappa shape index (κ1) is 25.7. The number of allylic oxidation sites excluding steroid dienone is 1. The summed E-state index contributed by atoms with van der Waals surface area (Å²) in [6.07, 6.45) is 6.48. The Morgan fingerprint density at radius 2 is 1.88 bits per heavy atom. The number of fused-ring (bicyclic) bond motifs is 12. The van der Waals surface area contributed by atoms with Crippen molar-refractivity contribution in [2.24, 2.45) is 0 Å². The molecule has 0 aromatic heterocycles. The average molecular weight is 574 g/mol. The SMILES string of the molecule is CC1(C)C2=[N+](CCC3OC4CCN5C(=C4C=C23)C2(CCOCC2)c2cc(CC(=O)O)ccc25)c2ccc3ccccc3c21. The molecule has 3 aromatic carbocycles. The largest absolute Gasteiger partial charge is 0.481 e. The Morgan fingerprint density at radius 3 is 2.72 bits per heavy atom. The molecule has 218 valence electrons. The van der Waals surface area contributed by atoms with Crippen LogP contribution in [-0.2, 0) is 31.5 Å². The lowest BCUT2D eigenvalue weighted by molar-refractivity contribution is -0.445. The lowest BCUT2D eigenvalue weighted by atomic mass is 9.69. The fourth-order valence-electron chi connectivity index (χ4n) is 9.43. The summed E-state index contributed by atoms with van der Waals surface area (Å²) in [6.45, 7) is 8.08. The maximum atomic E-state index is 11.6. The molecule has 1 fully saturated rings. The standard InChI is InChI=1S/C37H36N2O4/c1-36(2)33-24-6-4-3-5-23(24)8-10-29(33)39-16-12-30-25(34(36)39)21-26-31(43-30)11-15-38-28-9-7-22(20-32(40)41)19-27(28)37(35(26)38)13-17-42-18-14-37/h3-10,19,21,30-31H,11-18,20H2,1-2H3/p+1. The predicted molar refractivity (Wildman–Crippen MR) is 167 cm³/mol. The number of anilines is 1. The van der Waals surface area contributed by atoms with Gasteiger partial charge >= 0.3 is 5.97 Å². The Morgan fingerprint density at radius 1 is 1.05 bits per heavy atom. The third-order valence-corrected chi connectivity index (χ3v) is 11.1. The van der Waals surface area contributed by atoms with Crippen LogP contribution in [0.1, 0.15) is 56.2 Å². The summed E-state index contributed by atoms with van der Waals surface area (Å²) in [6, 6.07) is 19.7. The molecule has 0 bridgehead atoms. The van der Waals surface area contributed by atoms with Crippen LogP contribution >= 0.6 is 0 Å². The van der Waals surface area contributed by atoms with Crippen LogP contribution < -0.4 is 4.90 Å². The second kappa shape index (κ2) is 8.90. The zero-order valence-corrected chi connectivity index (χ0v) is 24.9. The highest BCUT2D eigenvalue weighted by Crippen LogP contribution is 2.58. The molecule has 1 saturated heterocycles. The van der Waals surface area contributed by atoms with Crippen LogP contribution in [0.2, 0.25) is 0 Å². The predicted octanol–water partition coefficient (Wildman–Crippen LogP) is 6.17. The molecule has 6 nitrogen and oxygen atoms in total. The van der Waals surface area contributed by atoms with E-state index >= 15 is 0 Å². The highest BCUT2D eigenvalue weighted by molar-refractivity contribution is 6.12. The Kier molecular flexibility index (Phi) is 5.32. The Labute approximate surface area is 251 Å². The minimum Gasteiger partial charge on any atom is -0.481 e. The van der Waals surface area contributed by atoms with E-state index in [1.165, 1.54) is 55.8 Å². The zero-order chi connectivity index (χ0) is 29.1. The monoisotopic (exact) mass is 573 g/mol. The Balaban J connectivity index is 1.25. The van der Waals surface area contributed by atoms with E-state index in [0.29, 0.717) is 13.2 Å². The van der Waals surface area contributed by atoms with Gasteiger partial charge in [-0.15, -0.1) is 0 Å². The summed E-state index contributed by atoms with van der Waals surface area (Å²) >= 11 is 0. The fraction of sp³-hybridized carbons (Fsp3) is 0.405. The lowest BCUT2D eigenvalue weighted by Gasteiger charge is -2.45. The van der Waals surface area contributed by atoms with E-state index in [1.54, 1.807) is 0 Å². The van der Waals surface area contributed by atoms with Crippen molar-refractivity contribution in [3.8, 4) is 0 Å². The van der Waals surface area contributed by atoms with E-state index in [2.05, 4.69) is 77.9 Å². The van der Waals surface area contributed by atoms with Crippen molar-refractivity contribution in [2.75, 3.05) is 31.2 Å². The second-order valence-corrected chi connectivity index (χ2v) is 13.7. The Hall–Kier alpha value is -3.74. The highest BCUT2D eigenvalue weighted by Gasteiger charge is 2.56. The van der Waals surface area contributed by atoms with Gasteiger partial charge in [0.2, 0.25) is 5.69 Å². The van der Waals surface area contributed by atoms with Gasteiger partial charge in [0.05, 0.1) is 24.0 Å². The normalized spacial score (nSPS) is 26.0. The second-order valence-electron chi connectivity index (χ2n) is 13.7. The van der Waals surface area contributed by atoms with E-state index in [0.717, 1.165) is 44.3 Å². The number of carboxylic acid groups (broad SMARTS) is 1. The van der Waals surface area contributed by atoms with Crippen molar-refractivity contribution in [1.82, 2.24) is 0 Å². The van der Waals surface area contributed by atoms with E-state index < -0.39 is 5.97 Å². The number of aliphatic carboxylic acids is 1. The van der Waals surface area contributed by atoms with E-state index in [-0.39, 0.29) is 29.5 Å². The summed E-state index contributed by atoms with van der Waals surface area (Å²) in [7, 11) is 0. The molecule has 6 heteroatoms. The van der Waals surface area contributed by atoms with Crippen molar-refractivity contribution >= 4 is 33.8 Å². The fourth-order valence-corrected chi connectivity index (χ4v) is 9.43. The minimum atomic E-state index is -0.790. The molecule has 6 aliphatic heterocycles. The first-order valence-corrected chi connectivity index (χ1v) is 15.9. The molecule has 43 heavy (non-hydrogen) atoms. The third-order valence-electron chi connectivity index (χ3n) is 11.1. The number of benzene rings is 3. The number of ether oxygens (including phenoxy) is 2. The number of carboxylic acids is 1. The molecule has 2 unspecified atom stereocenters. The van der Waals surface area contributed by atoms with Gasteiger partial charge in [-0.3, -0.25) is 4.79 Å². The summed E-state index contributed by atoms with van der Waals surface area (Å²) in [5.74, 6) is -0.790. The molecule has 9 rings (SSSR count). The summed E-state index contributed by atoms with van der Waals surface area (Å²) in [5.41, 5.74) is 11.2. The van der Waals surface area contributed by atoms with E-state index in [9.17, 15) is 9.90 Å². The molecule has 0 saturated carbocycles. The van der Waals surface area contributed by atoms with Gasteiger partial charge in [0.15, 0.2) is 12.3 Å². The number of carbonyl (C=O) groups is 1. The number of rotatable bonds is 2. The van der Waals surface area contributed by atoms with Gasteiger partial charge in [0, 0.05) is 65.8 Å². The van der Waals surface area contributed by atoms with Crippen LogP contribution in [0.25, 0.3) is 10.8 Å². The molecule has 0 aliphatic carbocycles. The molecule has 3 aromatic rings. The van der Waals surface area contributed by atoms with Crippen LogP contribution in [0.5, 0.6) is 0 Å². The van der Waals surface area contributed by atoms with Crippen molar-refractivity contribution in [2.45, 2.75) is 69.0 Å². The third kappa shape index (κ3) is 3.42. The number of nitrogens with zero attached hydrogens (tertiary/aromatic N) is 2. The smallest absolute Gasteiger partial charge is 0.307 e. The summed E-state index contributed by atoms with van der Waals surface area (Å²) in [4.78, 5) is 14.2. The van der Waals surface area contributed by atoms with Gasteiger partial charge in [0.25, 0.3) is 0 Å². The first-order valence-electron chi connectivity index (χ1n) is 15.9. The average Bonchev–Trinajstić information content (AvgIpc) is 3.41. The van der Waals surface area contributed by atoms with Gasteiger partial charge < -0.3 is 19.5 Å². The van der Waals surface area contributed by atoms with Gasteiger partial charge in [-0.1, -0.05) is 36.4 Å². The van der Waals surface area contributed by atoms with Crippen molar-refractivity contribution in [3.05, 3.63) is 94.2 Å². The molecule has 6 heterocycles. The molecule has 0 radical (unpaired) electrons. The molecule has 1 N–H and O–H groups in total. The van der Waals surface area contributed by atoms with Gasteiger partial charge in [-0.05, 0) is 73.2 Å². The lowest BCUT2D eigenvalue weighted by Crippen LogP contribution is -2.48. The van der Waals surface area contributed by atoms with Gasteiger partial charge in [-0.25, -0.2) is 0 Å². The minimum absolute atomic E-state index is 0.0434. The molecular weight excluding hydrogens is 536 g/mol. The van der Waals surface area contributed by atoms with E-state index in [1.807, 2.05) is 6.07 Å².